The van der Waals surface area contributed by atoms with Crippen LogP contribution in [-0.4, -0.2) is 42.2 Å². The minimum Gasteiger partial charge on any atom is -0.478 e. The third kappa shape index (κ3) is 3.22. The molecule has 0 spiro atoms. The van der Waals surface area contributed by atoms with Gasteiger partial charge in [0.1, 0.15) is 0 Å². The molecule has 2 aliphatic rings. The molecule has 0 saturated carbocycles. The molecular formula is C15H17NO5. The smallest absolute Gasteiger partial charge is 0.348 e. The van der Waals surface area contributed by atoms with Gasteiger partial charge >= 0.3 is 5.97 Å². The molecule has 0 unspecified atom stereocenters. The van der Waals surface area contributed by atoms with Gasteiger partial charge in [-0.25, -0.2) is 4.79 Å². The number of carbonyl (C=O) groups is 1. The standard InChI is InChI=1S/C15H17NO5/c17-15(18)14-12-6-11(20-9-13(12)16-21-14)8-19-7-10-4-2-1-3-5-10/h1-5,11-12,14H,6-9H2,(H,17,18)/t11-,12-,14-/m1/s1. The van der Waals surface area contributed by atoms with E-state index in [1.165, 1.54) is 0 Å². The van der Waals surface area contributed by atoms with Gasteiger partial charge in [-0.1, -0.05) is 35.5 Å². The highest BCUT2D eigenvalue weighted by Gasteiger charge is 2.43. The molecule has 1 saturated heterocycles. The van der Waals surface area contributed by atoms with E-state index in [0.717, 1.165) is 5.56 Å². The van der Waals surface area contributed by atoms with E-state index in [0.29, 0.717) is 32.0 Å². The van der Waals surface area contributed by atoms with Gasteiger partial charge < -0.3 is 19.4 Å². The molecular weight excluding hydrogens is 274 g/mol. The van der Waals surface area contributed by atoms with Crippen molar-refractivity contribution in [2.45, 2.75) is 25.2 Å². The molecule has 1 aromatic carbocycles. The van der Waals surface area contributed by atoms with Crippen molar-refractivity contribution in [3.05, 3.63) is 35.9 Å². The first-order valence-corrected chi connectivity index (χ1v) is 6.92. The minimum absolute atomic E-state index is 0.124. The second-order valence-electron chi connectivity index (χ2n) is 5.22. The molecule has 0 bridgehead atoms. The van der Waals surface area contributed by atoms with Gasteiger partial charge in [-0.05, 0) is 12.0 Å². The zero-order valence-electron chi connectivity index (χ0n) is 11.5. The van der Waals surface area contributed by atoms with Crippen LogP contribution in [0.1, 0.15) is 12.0 Å². The minimum atomic E-state index is -0.982. The molecule has 2 aliphatic heterocycles. The lowest BCUT2D eigenvalue weighted by Crippen LogP contribution is -2.41. The summed E-state index contributed by atoms with van der Waals surface area (Å²) in [6.07, 6.45) is -0.452. The maximum atomic E-state index is 11.1. The Kier molecular flexibility index (Phi) is 4.17. The van der Waals surface area contributed by atoms with Crippen LogP contribution in [0.5, 0.6) is 0 Å². The molecule has 1 aromatic rings. The Morgan fingerprint density at radius 2 is 2.19 bits per heavy atom. The summed E-state index contributed by atoms with van der Waals surface area (Å²) in [5.74, 6) is -1.19. The van der Waals surface area contributed by atoms with Crippen LogP contribution in [-0.2, 0) is 25.7 Å². The zero-order valence-corrected chi connectivity index (χ0v) is 11.5. The highest BCUT2D eigenvalue weighted by molar-refractivity contribution is 5.94. The van der Waals surface area contributed by atoms with Crippen molar-refractivity contribution in [1.29, 1.82) is 0 Å². The predicted octanol–water partition coefficient (Wildman–Crippen LogP) is 1.45. The maximum absolute atomic E-state index is 11.1. The largest absolute Gasteiger partial charge is 0.478 e. The Balaban J connectivity index is 1.49. The first-order valence-electron chi connectivity index (χ1n) is 6.92. The predicted molar refractivity (Wildman–Crippen MR) is 73.9 cm³/mol. The second kappa shape index (κ2) is 6.24. The van der Waals surface area contributed by atoms with E-state index in [1.807, 2.05) is 30.3 Å². The van der Waals surface area contributed by atoms with Gasteiger partial charge in [0.25, 0.3) is 0 Å². The molecule has 3 atom stereocenters. The molecule has 1 N–H and O–H groups in total. The van der Waals surface area contributed by atoms with Crippen LogP contribution in [0.3, 0.4) is 0 Å². The third-order valence-electron chi connectivity index (χ3n) is 3.72. The van der Waals surface area contributed by atoms with Gasteiger partial charge in [0.05, 0.1) is 37.6 Å². The van der Waals surface area contributed by atoms with E-state index in [9.17, 15) is 4.79 Å². The van der Waals surface area contributed by atoms with Crippen LogP contribution in [0.4, 0.5) is 0 Å². The van der Waals surface area contributed by atoms with Crippen molar-refractivity contribution in [3.63, 3.8) is 0 Å². The number of fused-ring (bicyclic) bond motifs is 1. The van der Waals surface area contributed by atoms with Crippen molar-refractivity contribution in [2.24, 2.45) is 11.1 Å². The summed E-state index contributed by atoms with van der Waals surface area (Å²) in [4.78, 5) is 16.0. The topological polar surface area (TPSA) is 77.4 Å². The fourth-order valence-corrected chi connectivity index (χ4v) is 2.60. The molecule has 0 amide bonds. The van der Waals surface area contributed by atoms with Gasteiger partial charge in [-0.15, -0.1) is 0 Å². The number of rotatable bonds is 5. The fraction of sp³-hybridized carbons (Fsp3) is 0.467. The molecule has 2 heterocycles. The molecule has 1 fully saturated rings. The van der Waals surface area contributed by atoms with Crippen molar-refractivity contribution >= 4 is 11.7 Å². The lowest BCUT2D eigenvalue weighted by Gasteiger charge is -2.28. The van der Waals surface area contributed by atoms with Gasteiger partial charge in [0.2, 0.25) is 6.10 Å². The lowest BCUT2D eigenvalue weighted by atomic mass is 9.89. The number of hydrogen-bond donors (Lipinski definition) is 1. The van der Waals surface area contributed by atoms with E-state index in [1.54, 1.807) is 0 Å². The van der Waals surface area contributed by atoms with E-state index >= 15 is 0 Å². The Morgan fingerprint density at radius 3 is 2.95 bits per heavy atom. The quantitative estimate of drug-likeness (QED) is 0.888. The summed E-state index contributed by atoms with van der Waals surface area (Å²) in [5, 5.41) is 12.9. The first-order chi connectivity index (χ1) is 10.2. The highest BCUT2D eigenvalue weighted by atomic mass is 16.7. The summed E-state index contributed by atoms with van der Waals surface area (Å²) in [6.45, 7) is 1.27. The summed E-state index contributed by atoms with van der Waals surface area (Å²) < 4.78 is 11.3. The molecule has 0 aromatic heterocycles. The average Bonchev–Trinajstić information content (AvgIpc) is 2.92. The van der Waals surface area contributed by atoms with Gasteiger partial charge in [-0.2, -0.15) is 0 Å². The summed E-state index contributed by atoms with van der Waals surface area (Å²) in [6, 6.07) is 9.88. The van der Waals surface area contributed by atoms with Crippen LogP contribution in [0.15, 0.2) is 35.5 Å². The number of carboxylic acid groups (broad SMARTS) is 1. The number of ether oxygens (including phenoxy) is 2. The van der Waals surface area contributed by atoms with Crippen LogP contribution >= 0.6 is 0 Å². The fourth-order valence-electron chi connectivity index (χ4n) is 2.60. The van der Waals surface area contributed by atoms with E-state index in [4.69, 9.17) is 19.4 Å². The van der Waals surface area contributed by atoms with Crippen LogP contribution < -0.4 is 0 Å². The van der Waals surface area contributed by atoms with Gasteiger partial charge in [0, 0.05) is 0 Å². The van der Waals surface area contributed by atoms with E-state index < -0.39 is 12.1 Å². The lowest BCUT2D eigenvalue weighted by molar-refractivity contribution is -0.151. The third-order valence-corrected chi connectivity index (χ3v) is 3.72. The molecule has 0 aliphatic carbocycles. The number of benzene rings is 1. The highest BCUT2D eigenvalue weighted by Crippen LogP contribution is 2.29. The van der Waals surface area contributed by atoms with Crippen LogP contribution in [0, 0.1) is 5.92 Å². The van der Waals surface area contributed by atoms with Crippen molar-refractivity contribution in [1.82, 2.24) is 0 Å². The molecule has 6 nitrogen and oxygen atoms in total. The average molecular weight is 291 g/mol. The number of aliphatic carboxylic acids is 1. The van der Waals surface area contributed by atoms with Crippen molar-refractivity contribution < 1.29 is 24.2 Å². The zero-order chi connectivity index (χ0) is 14.7. The van der Waals surface area contributed by atoms with Gasteiger partial charge in [-0.3, -0.25) is 0 Å². The molecule has 0 radical (unpaired) electrons. The Bertz CT molecular complexity index is 530. The number of oxime groups is 1. The molecule has 3 rings (SSSR count). The Hall–Kier alpha value is -1.92. The number of nitrogens with zero attached hydrogens (tertiary/aromatic N) is 1. The normalized spacial score (nSPS) is 27.6. The number of hydrogen-bond acceptors (Lipinski definition) is 5. The Morgan fingerprint density at radius 1 is 1.38 bits per heavy atom. The summed E-state index contributed by atoms with van der Waals surface area (Å²) >= 11 is 0. The van der Waals surface area contributed by atoms with Crippen molar-refractivity contribution in [3.8, 4) is 0 Å². The number of carboxylic acids is 1. The summed E-state index contributed by atoms with van der Waals surface area (Å²) in [7, 11) is 0. The monoisotopic (exact) mass is 291 g/mol. The van der Waals surface area contributed by atoms with Crippen LogP contribution in [0.2, 0.25) is 0 Å². The van der Waals surface area contributed by atoms with Gasteiger partial charge in [0.15, 0.2) is 0 Å². The van der Waals surface area contributed by atoms with E-state index in [2.05, 4.69) is 5.16 Å². The molecule has 21 heavy (non-hydrogen) atoms. The molecule has 6 heteroatoms. The van der Waals surface area contributed by atoms with Crippen LogP contribution in [0.25, 0.3) is 0 Å². The second-order valence-corrected chi connectivity index (χ2v) is 5.22. The first kappa shape index (κ1) is 14.0. The Labute approximate surface area is 122 Å². The summed E-state index contributed by atoms with van der Waals surface area (Å²) in [5.41, 5.74) is 1.78. The van der Waals surface area contributed by atoms with E-state index in [-0.39, 0.29) is 12.0 Å². The maximum Gasteiger partial charge on any atom is 0.348 e. The van der Waals surface area contributed by atoms with Crippen molar-refractivity contribution in [2.75, 3.05) is 13.2 Å². The molecule has 112 valence electrons. The SMILES string of the molecule is O=C(O)[C@@H]1ON=C2CO[C@@H](COCc3ccccc3)C[C@H]21.